The highest BCUT2D eigenvalue weighted by molar-refractivity contribution is 6.30. The third-order valence-electron chi connectivity index (χ3n) is 5.10. The molecular weight excluding hydrogens is 392 g/mol. The summed E-state index contributed by atoms with van der Waals surface area (Å²) in [5.74, 6) is 0.706. The number of pyridine rings is 1. The molecule has 0 aliphatic carbocycles. The number of fused-ring (bicyclic) bond motifs is 1. The van der Waals surface area contributed by atoms with Gasteiger partial charge < -0.3 is 9.69 Å². The highest BCUT2D eigenvalue weighted by atomic mass is 35.5. The van der Waals surface area contributed by atoms with Crippen molar-refractivity contribution < 1.29 is 4.79 Å². The number of allylic oxidation sites excluding steroid dienone is 1. The number of carbonyl (C=O) groups is 1. The first kappa shape index (κ1) is 19.9. The van der Waals surface area contributed by atoms with E-state index in [0.29, 0.717) is 10.8 Å². The molecule has 4 rings (SSSR count). The van der Waals surface area contributed by atoms with Crippen LogP contribution in [-0.2, 0) is 4.79 Å². The topological polar surface area (TPSA) is 33.2 Å². The minimum atomic E-state index is -0.487. The molecule has 1 aromatic heterocycles. The number of nitrogens with zero attached hydrogens (tertiary/aromatic N) is 2. The molecule has 0 radical (unpaired) electrons. The zero-order valence-corrected chi connectivity index (χ0v) is 17.4. The zero-order chi connectivity index (χ0) is 21.1. The molecule has 148 valence electrons. The molecule has 0 fully saturated rings. The number of aldehydes is 1. The van der Waals surface area contributed by atoms with Crippen LogP contribution in [0.2, 0.25) is 5.02 Å². The van der Waals surface area contributed by atoms with Crippen LogP contribution >= 0.6 is 11.6 Å². The Morgan fingerprint density at radius 2 is 1.97 bits per heavy atom. The van der Waals surface area contributed by atoms with Gasteiger partial charge in [0.25, 0.3) is 0 Å². The lowest BCUT2D eigenvalue weighted by Crippen LogP contribution is -2.33. The van der Waals surface area contributed by atoms with Gasteiger partial charge in [-0.2, -0.15) is 0 Å². The lowest BCUT2D eigenvalue weighted by Gasteiger charge is -2.36. The summed E-state index contributed by atoms with van der Waals surface area (Å²) in [6.07, 6.45) is 8.66. The molecule has 0 amide bonds. The Labute approximate surface area is 181 Å². The van der Waals surface area contributed by atoms with E-state index in [1.54, 1.807) is 6.08 Å². The van der Waals surface area contributed by atoms with Gasteiger partial charge >= 0.3 is 0 Å². The Morgan fingerprint density at radius 1 is 1.13 bits per heavy atom. The summed E-state index contributed by atoms with van der Waals surface area (Å²) >= 11 is 6.17. The molecule has 1 aliphatic rings. The number of aryl methyl sites for hydroxylation is 1. The normalized spacial score (nSPS) is 15.9. The SMILES string of the molecule is C=CC(=Cc1cccc(Cl)c1)C1=Cc2ccccc2C(C=O)N1c1ccc(C)cn1. The number of benzene rings is 2. The smallest absolute Gasteiger partial charge is 0.147 e. The van der Waals surface area contributed by atoms with Gasteiger partial charge in [-0.15, -0.1) is 0 Å². The van der Waals surface area contributed by atoms with Crippen molar-refractivity contribution in [2.45, 2.75) is 13.0 Å². The van der Waals surface area contributed by atoms with Crippen molar-refractivity contribution in [2.75, 3.05) is 4.90 Å². The maximum atomic E-state index is 12.3. The van der Waals surface area contributed by atoms with Gasteiger partial charge in [-0.3, -0.25) is 0 Å². The summed E-state index contributed by atoms with van der Waals surface area (Å²) in [5, 5.41) is 0.665. The Balaban J connectivity index is 1.92. The van der Waals surface area contributed by atoms with Crippen LogP contribution in [0.5, 0.6) is 0 Å². The first-order chi connectivity index (χ1) is 14.6. The second-order valence-corrected chi connectivity index (χ2v) is 7.60. The van der Waals surface area contributed by atoms with Crippen LogP contribution < -0.4 is 4.90 Å². The second-order valence-electron chi connectivity index (χ2n) is 7.16. The van der Waals surface area contributed by atoms with Gasteiger partial charge in [0, 0.05) is 11.2 Å². The summed E-state index contributed by atoms with van der Waals surface area (Å²) in [6.45, 7) is 6.02. The first-order valence-electron chi connectivity index (χ1n) is 9.68. The van der Waals surface area contributed by atoms with Crippen LogP contribution in [0.1, 0.15) is 28.3 Å². The number of hydrogen-bond donors (Lipinski definition) is 0. The van der Waals surface area contributed by atoms with Crippen LogP contribution in [0, 0.1) is 6.92 Å². The molecule has 0 bridgehead atoms. The monoisotopic (exact) mass is 412 g/mol. The Bertz CT molecular complexity index is 1160. The first-order valence-corrected chi connectivity index (χ1v) is 10.1. The molecule has 30 heavy (non-hydrogen) atoms. The van der Waals surface area contributed by atoms with Gasteiger partial charge in [-0.25, -0.2) is 4.98 Å². The van der Waals surface area contributed by atoms with E-state index in [-0.39, 0.29) is 0 Å². The second kappa shape index (κ2) is 8.52. The van der Waals surface area contributed by atoms with Crippen molar-refractivity contribution in [3.05, 3.63) is 118 Å². The highest BCUT2D eigenvalue weighted by Gasteiger charge is 2.31. The maximum Gasteiger partial charge on any atom is 0.147 e. The molecule has 3 nitrogen and oxygen atoms in total. The Kier molecular flexibility index (Phi) is 5.64. The summed E-state index contributed by atoms with van der Waals surface area (Å²) in [6, 6.07) is 19.0. The molecule has 2 heterocycles. The highest BCUT2D eigenvalue weighted by Crippen LogP contribution is 2.39. The molecule has 0 spiro atoms. The molecular formula is C26H21ClN2O. The summed E-state index contributed by atoms with van der Waals surface area (Å²) < 4.78 is 0. The van der Waals surface area contributed by atoms with Gasteiger partial charge in [0.1, 0.15) is 18.1 Å². The summed E-state index contributed by atoms with van der Waals surface area (Å²) in [4.78, 5) is 18.8. The minimum absolute atomic E-state index is 0.487. The average molecular weight is 413 g/mol. The van der Waals surface area contributed by atoms with Crippen molar-refractivity contribution in [1.29, 1.82) is 0 Å². The van der Waals surface area contributed by atoms with Crippen molar-refractivity contribution in [2.24, 2.45) is 0 Å². The molecule has 0 N–H and O–H groups in total. The van der Waals surface area contributed by atoms with Crippen LogP contribution in [-0.4, -0.2) is 11.3 Å². The van der Waals surface area contributed by atoms with Gasteiger partial charge in [0.15, 0.2) is 0 Å². The van der Waals surface area contributed by atoms with Gasteiger partial charge in [-0.05, 0) is 65.1 Å². The Hall–Kier alpha value is -3.43. The van der Waals surface area contributed by atoms with E-state index < -0.39 is 6.04 Å². The van der Waals surface area contributed by atoms with E-state index in [2.05, 4.69) is 17.6 Å². The third-order valence-corrected chi connectivity index (χ3v) is 5.34. The fourth-order valence-electron chi connectivity index (χ4n) is 3.66. The average Bonchev–Trinajstić information content (AvgIpc) is 2.77. The fourth-order valence-corrected chi connectivity index (χ4v) is 3.85. The molecule has 1 atom stereocenters. The van der Waals surface area contributed by atoms with Gasteiger partial charge in [0.05, 0.1) is 5.70 Å². The van der Waals surface area contributed by atoms with Crippen LogP contribution in [0.3, 0.4) is 0 Å². The van der Waals surface area contributed by atoms with Crippen LogP contribution in [0.4, 0.5) is 5.82 Å². The van der Waals surface area contributed by atoms with Gasteiger partial charge in [-0.1, -0.05) is 66.7 Å². The Morgan fingerprint density at radius 3 is 2.67 bits per heavy atom. The third kappa shape index (κ3) is 3.85. The van der Waals surface area contributed by atoms with Crippen molar-refractivity contribution in [3.8, 4) is 0 Å². The number of aromatic nitrogens is 1. The van der Waals surface area contributed by atoms with Gasteiger partial charge in [0.2, 0.25) is 0 Å². The lowest BCUT2D eigenvalue weighted by atomic mass is 9.91. The number of halogens is 1. The molecule has 2 aromatic carbocycles. The molecule has 0 saturated heterocycles. The molecule has 3 aromatic rings. The maximum absolute atomic E-state index is 12.3. The number of rotatable bonds is 5. The van der Waals surface area contributed by atoms with Crippen molar-refractivity contribution in [3.63, 3.8) is 0 Å². The van der Waals surface area contributed by atoms with E-state index in [4.69, 9.17) is 11.6 Å². The molecule has 1 unspecified atom stereocenters. The number of carbonyl (C=O) groups excluding carboxylic acids is 1. The summed E-state index contributed by atoms with van der Waals surface area (Å²) in [7, 11) is 0. The van der Waals surface area contributed by atoms with E-state index in [1.807, 2.05) is 84.8 Å². The predicted octanol–water partition coefficient (Wildman–Crippen LogP) is 6.41. The van der Waals surface area contributed by atoms with Crippen LogP contribution in [0.25, 0.3) is 12.2 Å². The summed E-state index contributed by atoms with van der Waals surface area (Å²) in [5.41, 5.74) is 5.70. The standard InChI is InChI=1S/C26H21ClN2O/c1-3-20(13-19-7-6-9-22(27)14-19)24-15-21-8-4-5-10-23(21)25(17-30)29(24)26-12-11-18(2)16-28-26/h3-17,25H,1H2,2H3. The lowest BCUT2D eigenvalue weighted by molar-refractivity contribution is -0.109. The van der Waals surface area contributed by atoms with Crippen LogP contribution in [0.15, 0.2) is 90.8 Å². The molecule has 0 saturated carbocycles. The number of hydrogen-bond acceptors (Lipinski definition) is 3. The fraction of sp³-hybridized carbons (Fsp3) is 0.0769. The van der Waals surface area contributed by atoms with E-state index >= 15 is 0 Å². The zero-order valence-electron chi connectivity index (χ0n) is 16.6. The largest absolute Gasteiger partial charge is 0.311 e. The van der Waals surface area contributed by atoms with E-state index in [0.717, 1.165) is 39.8 Å². The van der Waals surface area contributed by atoms with Crippen molar-refractivity contribution >= 4 is 35.9 Å². The molecule has 4 heteroatoms. The minimum Gasteiger partial charge on any atom is -0.311 e. The number of anilines is 1. The van der Waals surface area contributed by atoms with E-state index in [1.165, 1.54) is 0 Å². The predicted molar refractivity (Wildman–Crippen MR) is 124 cm³/mol. The molecule has 1 aliphatic heterocycles. The van der Waals surface area contributed by atoms with E-state index in [9.17, 15) is 4.79 Å². The quantitative estimate of drug-likeness (QED) is 0.358. The van der Waals surface area contributed by atoms with Crippen molar-refractivity contribution in [1.82, 2.24) is 4.98 Å².